The average molecular weight is 535 g/mol. The van der Waals surface area contributed by atoms with Crippen molar-refractivity contribution < 1.29 is 4.79 Å². The van der Waals surface area contributed by atoms with Gasteiger partial charge in [0.15, 0.2) is 5.78 Å². The topological polar surface area (TPSA) is 17.1 Å². The van der Waals surface area contributed by atoms with Gasteiger partial charge in [-0.25, -0.2) is 0 Å². The van der Waals surface area contributed by atoms with Crippen molar-refractivity contribution in [3.8, 4) is 0 Å². The lowest BCUT2D eigenvalue weighted by molar-refractivity contribution is 0.103. The van der Waals surface area contributed by atoms with Crippen LogP contribution in [-0.2, 0) is 0 Å². The molecule has 0 atom stereocenters. The Labute approximate surface area is 245 Å². The maximum Gasteiger partial charge on any atom is 0.193 e. The van der Waals surface area contributed by atoms with Gasteiger partial charge < -0.3 is 0 Å². The lowest BCUT2D eigenvalue weighted by atomic mass is 9.59. The van der Waals surface area contributed by atoms with Crippen molar-refractivity contribution in [3.63, 3.8) is 0 Å². The van der Waals surface area contributed by atoms with Crippen LogP contribution in [0.1, 0.15) is 106 Å². The van der Waals surface area contributed by atoms with E-state index in [1.165, 1.54) is 66.8 Å². The Morgan fingerprint density at radius 2 is 0.571 bits per heavy atom. The summed E-state index contributed by atoms with van der Waals surface area (Å²) in [5.74, 6) is 0.591. The van der Waals surface area contributed by atoms with Gasteiger partial charge in [0.05, 0.1) is 0 Å². The van der Waals surface area contributed by atoms with Gasteiger partial charge in [-0.05, 0) is 66.8 Å². The van der Waals surface area contributed by atoms with Crippen molar-refractivity contribution in [2.45, 2.75) is 23.7 Å². The standard InChI is InChI=1S/C41H26O/c42-41(33-21-9-19-31-35-23-11-1-5-15-27(23)37(39(31)33)28-16-6-2-12-24(28)35)34-22-10-20-32-36-25-13-3-7-17-29(25)38(40(32)34)30-18-8-4-14-26(30)36/h1-22,35-38H. The lowest BCUT2D eigenvalue weighted by Crippen LogP contribution is -2.31. The molecule has 0 amide bonds. The number of hydrogen-bond donors (Lipinski definition) is 0. The van der Waals surface area contributed by atoms with Crippen LogP contribution in [-0.4, -0.2) is 5.78 Å². The van der Waals surface area contributed by atoms with E-state index in [9.17, 15) is 4.79 Å². The van der Waals surface area contributed by atoms with Gasteiger partial charge in [0.2, 0.25) is 0 Å². The Balaban J connectivity index is 1.20. The van der Waals surface area contributed by atoms with Crippen LogP contribution in [0.4, 0.5) is 0 Å². The molecule has 0 aromatic heterocycles. The maximum atomic E-state index is 15.0. The Kier molecular flexibility index (Phi) is 4.34. The molecular formula is C41H26O. The Bertz CT molecular complexity index is 1900. The second-order valence-corrected chi connectivity index (χ2v) is 12.2. The van der Waals surface area contributed by atoms with Crippen LogP contribution in [0, 0.1) is 0 Å². The minimum atomic E-state index is 0.0648. The predicted molar refractivity (Wildman–Crippen MR) is 166 cm³/mol. The molecule has 1 nitrogen and oxygen atoms in total. The van der Waals surface area contributed by atoms with Crippen LogP contribution in [0.25, 0.3) is 0 Å². The maximum absolute atomic E-state index is 15.0. The Morgan fingerprint density at radius 3 is 0.881 bits per heavy atom. The highest BCUT2D eigenvalue weighted by Crippen LogP contribution is 2.58. The molecule has 0 saturated heterocycles. The van der Waals surface area contributed by atoms with Crippen molar-refractivity contribution in [3.05, 3.63) is 211 Å². The van der Waals surface area contributed by atoms with Crippen LogP contribution in [0.3, 0.4) is 0 Å². The SMILES string of the molecule is O=C(c1cccc2c1C1c3ccccc3C2c2ccccc21)c1cccc2c1C1c3ccccc3C2c2ccccc21. The first-order valence-electron chi connectivity index (χ1n) is 15.0. The number of ketones is 1. The van der Waals surface area contributed by atoms with E-state index in [-0.39, 0.29) is 29.5 Å². The fourth-order valence-electron chi connectivity index (χ4n) is 8.96. The molecule has 0 N–H and O–H groups in total. The first-order chi connectivity index (χ1) is 20.8. The van der Waals surface area contributed by atoms with Gasteiger partial charge in [0, 0.05) is 34.8 Å². The van der Waals surface area contributed by atoms with Gasteiger partial charge >= 0.3 is 0 Å². The number of hydrogen-bond acceptors (Lipinski definition) is 1. The fourth-order valence-corrected chi connectivity index (χ4v) is 8.96. The van der Waals surface area contributed by atoms with E-state index in [0.29, 0.717) is 0 Å². The summed E-state index contributed by atoms with van der Waals surface area (Å²) in [7, 11) is 0. The van der Waals surface area contributed by atoms with E-state index in [0.717, 1.165) is 11.1 Å². The van der Waals surface area contributed by atoms with E-state index in [2.05, 4.69) is 133 Å². The summed E-state index contributed by atoms with van der Waals surface area (Å²) in [6.45, 7) is 0. The Hall–Kier alpha value is -5.01. The molecule has 0 saturated carbocycles. The van der Waals surface area contributed by atoms with Gasteiger partial charge in [0.1, 0.15) is 0 Å². The van der Waals surface area contributed by atoms with Crippen molar-refractivity contribution in [2.75, 3.05) is 0 Å². The molecule has 6 aliphatic rings. The molecule has 6 aromatic carbocycles. The third kappa shape index (κ3) is 2.67. The molecule has 6 aromatic rings. The molecule has 6 aliphatic carbocycles. The monoisotopic (exact) mass is 534 g/mol. The molecule has 4 bridgehead atoms. The van der Waals surface area contributed by atoms with Gasteiger partial charge in [-0.2, -0.15) is 0 Å². The van der Waals surface area contributed by atoms with Gasteiger partial charge in [-0.1, -0.05) is 133 Å². The largest absolute Gasteiger partial charge is 0.289 e. The highest BCUT2D eigenvalue weighted by atomic mass is 16.1. The summed E-state index contributed by atoms with van der Waals surface area (Å²) in [5.41, 5.74) is 17.5. The zero-order chi connectivity index (χ0) is 27.5. The van der Waals surface area contributed by atoms with Gasteiger partial charge in [-0.3, -0.25) is 4.79 Å². The molecule has 196 valence electrons. The lowest BCUT2D eigenvalue weighted by Gasteiger charge is -2.44. The van der Waals surface area contributed by atoms with E-state index < -0.39 is 0 Å². The first-order valence-corrected chi connectivity index (χ1v) is 15.0. The molecule has 0 fully saturated rings. The van der Waals surface area contributed by atoms with Crippen LogP contribution in [0.2, 0.25) is 0 Å². The van der Waals surface area contributed by atoms with Crippen LogP contribution in [0.15, 0.2) is 133 Å². The molecule has 12 rings (SSSR count). The zero-order valence-corrected chi connectivity index (χ0v) is 22.9. The Morgan fingerprint density at radius 1 is 0.310 bits per heavy atom. The third-order valence-corrected chi connectivity index (χ3v) is 10.4. The van der Waals surface area contributed by atoms with Gasteiger partial charge in [0.25, 0.3) is 0 Å². The van der Waals surface area contributed by atoms with Crippen LogP contribution < -0.4 is 0 Å². The van der Waals surface area contributed by atoms with E-state index in [4.69, 9.17) is 0 Å². The second kappa shape index (κ2) is 8.05. The fraction of sp³-hybridized carbons (Fsp3) is 0.0976. The summed E-state index contributed by atoms with van der Waals surface area (Å²) < 4.78 is 0. The van der Waals surface area contributed by atoms with Crippen molar-refractivity contribution >= 4 is 5.78 Å². The van der Waals surface area contributed by atoms with Crippen molar-refractivity contribution in [1.29, 1.82) is 0 Å². The van der Waals surface area contributed by atoms with Crippen LogP contribution >= 0.6 is 0 Å². The summed E-state index contributed by atoms with van der Waals surface area (Å²) in [6, 6.07) is 48.2. The predicted octanol–water partition coefficient (Wildman–Crippen LogP) is 8.89. The summed E-state index contributed by atoms with van der Waals surface area (Å²) in [6.07, 6.45) is 0. The number of carbonyl (C=O) groups excluding carboxylic acids is 1. The minimum Gasteiger partial charge on any atom is -0.289 e. The molecule has 0 heterocycles. The molecular weight excluding hydrogens is 508 g/mol. The van der Waals surface area contributed by atoms with Crippen molar-refractivity contribution in [2.24, 2.45) is 0 Å². The average Bonchev–Trinajstić information content (AvgIpc) is 3.07. The molecule has 0 unspecified atom stereocenters. The molecule has 0 radical (unpaired) electrons. The van der Waals surface area contributed by atoms with Gasteiger partial charge in [-0.15, -0.1) is 0 Å². The molecule has 0 spiro atoms. The quantitative estimate of drug-likeness (QED) is 0.202. The minimum absolute atomic E-state index is 0.0648. The summed E-state index contributed by atoms with van der Waals surface area (Å²) >= 11 is 0. The van der Waals surface area contributed by atoms with E-state index in [1.807, 2.05) is 0 Å². The second-order valence-electron chi connectivity index (χ2n) is 12.2. The number of carbonyl (C=O) groups is 1. The smallest absolute Gasteiger partial charge is 0.193 e. The normalized spacial score (nSPS) is 21.0. The number of rotatable bonds is 2. The first kappa shape index (κ1) is 22.7. The van der Waals surface area contributed by atoms with E-state index >= 15 is 0 Å². The molecule has 1 heteroatoms. The third-order valence-electron chi connectivity index (χ3n) is 10.4. The van der Waals surface area contributed by atoms with Crippen molar-refractivity contribution in [1.82, 2.24) is 0 Å². The van der Waals surface area contributed by atoms with E-state index in [1.54, 1.807) is 0 Å². The highest BCUT2D eigenvalue weighted by Gasteiger charge is 2.45. The molecule has 42 heavy (non-hydrogen) atoms. The summed E-state index contributed by atoms with van der Waals surface area (Å²) in [5, 5.41) is 0. The number of benzene rings is 6. The molecule has 0 aliphatic heterocycles. The zero-order valence-electron chi connectivity index (χ0n) is 22.9. The van der Waals surface area contributed by atoms with Crippen LogP contribution in [0.5, 0.6) is 0 Å². The highest BCUT2D eigenvalue weighted by molar-refractivity contribution is 6.12. The summed E-state index contributed by atoms with van der Waals surface area (Å²) in [4.78, 5) is 15.0.